The molecule has 1 saturated heterocycles. The third-order valence-electron chi connectivity index (χ3n) is 2.82. The van der Waals surface area contributed by atoms with Crippen molar-refractivity contribution in [3.8, 4) is 0 Å². The lowest BCUT2D eigenvalue weighted by molar-refractivity contribution is 0.0766. The molecule has 1 N–H and O–H groups in total. The van der Waals surface area contributed by atoms with Gasteiger partial charge in [0, 0.05) is 31.1 Å². The van der Waals surface area contributed by atoms with Crippen LogP contribution in [0.15, 0.2) is 18.2 Å². The van der Waals surface area contributed by atoms with Crippen molar-refractivity contribution < 1.29 is 4.79 Å². The molecular weight excluding hydrogens is 246 g/mol. The number of aromatic nitrogens is 1. The number of anilines is 1. The molecule has 0 spiro atoms. The Morgan fingerprint density at radius 2 is 2.22 bits per heavy atom. The fourth-order valence-corrected chi connectivity index (χ4v) is 2.74. The number of rotatable bonds is 4. The van der Waals surface area contributed by atoms with E-state index >= 15 is 0 Å². The third-order valence-corrected chi connectivity index (χ3v) is 3.77. The molecule has 1 aromatic heterocycles. The molecule has 1 aliphatic heterocycles. The van der Waals surface area contributed by atoms with Crippen LogP contribution in [0.25, 0.3) is 0 Å². The van der Waals surface area contributed by atoms with E-state index in [2.05, 4.69) is 17.2 Å². The van der Waals surface area contributed by atoms with Crippen molar-refractivity contribution in [2.45, 2.75) is 13.3 Å². The van der Waals surface area contributed by atoms with E-state index in [4.69, 9.17) is 0 Å². The Balaban J connectivity index is 2.04. The highest BCUT2D eigenvalue weighted by molar-refractivity contribution is 7.99. The van der Waals surface area contributed by atoms with Crippen LogP contribution in [0.2, 0.25) is 0 Å². The average molecular weight is 265 g/mol. The zero-order valence-electron chi connectivity index (χ0n) is 10.7. The standard InChI is InChI=1S/C13H19N3OS/c1-2-6-14-12-5-3-4-11(15-12)13(17)16-7-9-18-10-8-16/h3-5H,2,6-10H2,1H3,(H,14,15). The van der Waals surface area contributed by atoms with E-state index in [1.807, 2.05) is 28.8 Å². The van der Waals surface area contributed by atoms with Gasteiger partial charge in [-0.05, 0) is 18.6 Å². The van der Waals surface area contributed by atoms with Crippen LogP contribution in [0.5, 0.6) is 0 Å². The molecule has 5 heteroatoms. The van der Waals surface area contributed by atoms with E-state index < -0.39 is 0 Å². The maximum absolute atomic E-state index is 12.3. The van der Waals surface area contributed by atoms with Crippen LogP contribution in [-0.4, -0.2) is 46.9 Å². The zero-order chi connectivity index (χ0) is 12.8. The van der Waals surface area contributed by atoms with Crippen LogP contribution in [0.1, 0.15) is 23.8 Å². The molecule has 98 valence electrons. The molecular formula is C13H19N3OS. The monoisotopic (exact) mass is 265 g/mol. The van der Waals surface area contributed by atoms with Crippen LogP contribution in [0.3, 0.4) is 0 Å². The Morgan fingerprint density at radius 3 is 2.94 bits per heavy atom. The van der Waals surface area contributed by atoms with E-state index in [0.717, 1.165) is 43.4 Å². The van der Waals surface area contributed by atoms with E-state index in [0.29, 0.717) is 5.69 Å². The largest absolute Gasteiger partial charge is 0.370 e. The normalized spacial score (nSPS) is 15.5. The second kappa shape index (κ2) is 6.64. The van der Waals surface area contributed by atoms with Crippen molar-refractivity contribution in [2.75, 3.05) is 36.5 Å². The van der Waals surface area contributed by atoms with Gasteiger partial charge in [0.2, 0.25) is 0 Å². The molecule has 0 unspecified atom stereocenters. The Bertz CT molecular complexity index is 405. The SMILES string of the molecule is CCCNc1cccc(C(=O)N2CCSCC2)n1. The topological polar surface area (TPSA) is 45.2 Å². The molecule has 4 nitrogen and oxygen atoms in total. The zero-order valence-corrected chi connectivity index (χ0v) is 11.5. The first-order valence-corrected chi connectivity index (χ1v) is 7.54. The van der Waals surface area contributed by atoms with Gasteiger partial charge in [0.1, 0.15) is 11.5 Å². The Morgan fingerprint density at radius 1 is 1.44 bits per heavy atom. The summed E-state index contributed by atoms with van der Waals surface area (Å²) in [5.74, 6) is 2.89. The lowest BCUT2D eigenvalue weighted by atomic mass is 10.3. The maximum Gasteiger partial charge on any atom is 0.272 e. The van der Waals surface area contributed by atoms with Gasteiger partial charge in [-0.3, -0.25) is 4.79 Å². The Kier molecular flexibility index (Phi) is 4.87. The second-order valence-corrected chi connectivity index (χ2v) is 5.46. The summed E-state index contributed by atoms with van der Waals surface area (Å²) < 4.78 is 0. The van der Waals surface area contributed by atoms with Crippen molar-refractivity contribution >= 4 is 23.5 Å². The molecule has 1 fully saturated rings. The molecule has 0 aromatic carbocycles. The molecule has 2 heterocycles. The summed E-state index contributed by atoms with van der Waals surface area (Å²) in [6.07, 6.45) is 1.04. The predicted molar refractivity (Wildman–Crippen MR) is 76.2 cm³/mol. The van der Waals surface area contributed by atoms with Crippen molar-refractivity contribution in [3.63, 3.8) is 0 Å². The first kappa shape index (κ1) is 13.2. The summed E-state index contributed by atoms with van der Waals surface area (Å²) in [7, 11) is 0. The van der Waals surface area contributed by atoms with Crippen LogP contribution in [0.4, 0.5) is 5.82 Å². The lowest BCUT2D eigenvalue weighted by Gasteiger charge is -2.26. The minimum Gasteiger partial charge on any atom is -0.370 e. The van der Waals surface area contributed by atoms with Gasteiger partial charge in [-0.15, -0.1) is 0 Å². The number of hydrogen-bond donors (Lipinski definition) is 1. The van der Waals surface area contributed by atoms with E-state index in [-0.39, 0.29) is 5.91 Å². The fourth-order valence-electron chi connectivity index (χ4n) is 1.83. The highest BCUT2D eigenvalue weighted by atomic mass is 32.2. The number of nitrogens with one attached hydrogen (secondary N) is 1. The number of carbonyl (C=O) groups excluding carboxylic acids is 1. The average Bonchev–Trinajstić information content (AvgIpc) is 2.45. The van der Waals surface area contributed by atoms with Gasteiger partial charge >= 0.3 is 0 Å². The van der Waals surface area contributed by atoms with Crippen molar-refractivity contribution in [3.05, 3.63) is 23.9 Å². The summed E-state index contributed by atoms with van der Waals surface area (Å²) in [6, 6.07) is 5.58. The van der Waals surface area contributed by atoms with Gasteiger partial charge in [-0.2, -0.15) is 11.8 Å². The predicted octanol–water partition coefficient (Wildman–Crippen LogP) is 2.09. The van der Waals surface area contributed by atoms with E-state index in [9.17, 15) is 4.79 Å². The molecule has 1 aliphatic rings. The van der Waals surface area contributed by atoms with Crippen molar-refractivity contribution in [1.82, 2.24) is 9.88 Å². The summed E-state index contributed by atoms with van der Waals surface area (Å²) in [6.45, 7) is 4.65. The third kappa shape index (κ3) is 3.38. The first-order chi connectivity index (χ1) is 8.81. The number of carbonyl (C=O) groups is 1. The van der Waals surface area contributed by atoms with Crippen molar-refractivity contribution in [1.29, 1.82) is 0 Å². The molecule has 0 saturated carbocycles. The van der Waals surface area contributed by atoms with Crippen LogP contribution in [0, 0.1) is 0 Å². The van der Waals surface area contributed by atoms with Gasteiger partial charge in [0.15, 0.2) is 0 Å². The fraction of sp³-hybridized carbons (Fsp3) is 0.538. The quantitative estimate of drug-likeness (QED) is 0.905. The number of amides is 1. The van der Waals surface area contributed by atoms with Gasteiger partial charge in [-0.25, -0.2) is 4.98 Å². The summed E-state index contributed by atoms with van der Waals surface area (Å²) in [5, 5.41) is 3.21. The molecule has 0 atom stereocenters. The van der Waals surface area contributed by atoms with Crippen LogP contribution < -0.4 is 5.32 Å². The summed E-state index contributed by atoms with van der Waals surface area (Å²) in [4.78, 5) is 18.5. The summed E-state index contributed by atoms with van der Waals surface area (Å²) >= 11 is 1.90. The maximum atomic E-state index is 12.3. The highest BCUT2D eigenvalue weighted by Gasteiger charge is 2.19. The van der Waals surface area contributed by atoms with Gasteiger partial charge in [0.25, 0.3) is 5.91 Å². The number of pyridine rings is 1. The van der Waals surface area contributed by atoms with Crippen molar-refractivity contribution in [2.24, 2.45) is 0 Å². The van der Waals surface area contributed by atoms with Gasteiger partial charge in [0.05, 0.1) is 0 Å². The molecule has 2 rings (SSSR count). The van der Waals surface area contributed by atoms with E-state index in [1.54, 1.807) is 6.07 Å². The number of nitrogens with zero attached hydrogens (tertiary/aromatic N) is 2. The lowest BCUT2D eigenvalue weighted by Crippen LogP contribution is -2.38. The van der Waals surface area contributed by atoms with Gasteiger partial charge < -0.3 is 10.2 Å². The number of thioether (sulfide) groups is 1. The molecule has 0 aliphatic carbocycles. The molecule has 0 radical (unpaired) electrons. The Labute approximate surface area is 112 Å². The van der Waals surface area contributed by atoms with Crippen LogP contribution >= 0.6 is 11.8 Å². The smallest absolute Gasteiger partial charge is 0.272 e. The Hall–Kier alpha value is -1.23. The molecule has 1 aromatic rings. The van der Waals surface area contributed by atoms with Crippen LogP contribution in [-0.2, 0) is 0 Å². The minimum absolute atomic E-state index is 0.0513. The van der Waals surface area contributed by atoms with Gasteiger partial charge in [-0.1, -0.05) is 13.0 Å². The second-order valence-electron chi connectivity index (χ2n) is 4.24. The minimum atomic E-state index is 0.0513. The molecule has 18 heavy (non-hydrogen) atoms. The first-order valence-electron chi connectivity index (χ1n) is 6.39. The highest BCUT2D eigenvalue weighted by Crippen LogP contribution is 2.13. The molecule has 1 amide bonds. The molecule has 0 bridgehead atoms. The summed E-state index contributed by atoms with van der Waals surface area (Å²) in [5.41, 5.74) is 0.544. The number of hydrogen-bond acceptors (Lipinski definition) is 4. The van der Waals surface area contributed by atoms with E-state index in [1.165, 1.54) is 0 Å².